The average Bonchev–Trinajstić information content (AvgIpc) is 2.45. The van der Waals surface area contributed by atoms with Crippen LogP contribution in [0.5, 0.6) is 5.75 Å². The van der Waals surface area contributed by atoms with Gasteiger partial charge in [-0.25, -0.2) is 9.78 Å². The van der Waals surface area contributed by atoms with Gasteiger partial charge in [0.1, 0.15) is 11.4 Å². The topological polar surface area (TPSA) is 44.1 Å². The highest BCUT2D eigenvalue weighted by atomic mass is 32.2. The summed E-state index contributed by atoms with van der Waals surface area (Å²) in [6.07, 6.45) is 4.58. The van der Waals surface area contributed by atoms with Crippen molar-refractivity contribution in [2.24, 2.45) is 0 Å². The van der Waals surface area contributed by atoms with Gasteiger partial charge in [-0.05, 0) is 56.0 Å². The van der Waals surface area contributed by atoms with E-state index in [2.05, 4.69) is 4.98 Å². The molecular weight excluding hydrogens is 341 g/mol. The van der Waals surface area contributed by atoms with Gasteiger partial charge in [-0.1, -0.05) is 0 Å². The van der Waals surface area contributed by atoms with Gasteiger partial charge in [0.15, 0.2) is 0 Å². The summed E-state index contributed by atoms with van der Waals surface area (Å²) in [4.78, 5) is 15.8. The van der Waals surface area contributed by atoms with Crippen LogP contribution < -0.4 is 10.4 Å². The normalized spacial score (nSPS) is 16.1. The van der Waals surface area contributed by atoms with Crippen molar-refractivity contribution >= 4 is 17.5 Å². The van der Waals surface area contributed by atoms with E-state index >= 15 is 0 Å². The molecule has 0 saturated heterocycles. The van der Waals surface area contributed by atoms with Gasteiger partial charge in [-0.2, -0.15) is 13.2 Å². The highest BCUT2D eigenvalue weighted by Crippen LogP contribution is 2.42. The molecule has 3 rings (SSSR count). The van der Waals surface area contributed by atoms with E-state index in [1.165, 1.54) is 35.2 Å². The number of halogens is 3. The predicted octanol–water partition coefficient (Wildman–Crippen LogP) is 3.92. The molecule has 1 aromatic heterocycles. The van der Waals surface area contributed by atoms with Gasteiger partial charge >= 0.3 is 11.2 Å². The molecule has 126 valence electrons. The van der Waals surface area contributed by atoms with Gasteiger partial charge in [0.25, 0.3) is 0 Å². The van der Waals surface area contributed by atoms with Crippen LogP contribution in [-0.4, -0.2) is 20.7 Å². The van der Waals surface area contributed by atoms with Crippen molar-refractivity contribution in [3.63, 3.8) is 0 Å². The maximum atomic E-state index is 12.6. The van der Waals surface area contributed by atoms with Crippen molar-refractivity contribution in [1.29, 1.82) is 0 Å². The molecule has 0 amide bonds. The number of aromatic nitrogens is 2. The van der Waals surface area contributed by atoms with Crippen LogP contribution in [0.15, 0.2) is 52.4 Å². The second-order valence-electron chi connectivity index (χ2n) is 5.71. The summed E-state index contributed by atoms with van der Waals surface area (Å²) in [5.41, 5.74) is -4.75. The number of hydrogen-bond donors (Lipinski definition) is 0. The first kappa shape index (κ1) is 16.6. The summed E-state index contributed by atoms with van der Waals surface area (Å²) in [7, 11) is 0. The van der Waals surface area contributed by atoms with Crippen LogP contribution in [0.3, 0.4) is 0 Å². The summed E-state index contributed by atoms with van der Waals surface area (Å²) < 4.78 is 45.0. The van der Waals surface area contributed by atoms with E-state index < -0.39 is 16.8 Å². The molecule has 2 heterocycles. The van der Waals surface area contributed by atoms with Crippen LogP contribution in [0.4, 0.5) is 13.2 Å². The highest BCUT2D eigenvalue weighted by molar-refractivity contribution is 8.00. The maximum absolute atomic E-state index is 12.6. The third kappa shape index (κ3) is 3.48. The third-order valence-electron chi connectivity index (χ3n) is 3.29. The molecule has 0 fully saturated rings. The molecule has 1 aliphatic heterocycles. The van der Waals surface area contributed by atoms with Crippen molar-refractivity contribution in [3.05, 3.63) is 58.8 Å². The van der Waals surface area contributed by atoms with E-state index in [1.54, 1.807) is 26.0 Å². The zero-order chi connectivity index (χ0) is 17.5. The van der Waals surface area contributed by atoms with E-state index in [0.717, 1.165) is 0 Å². The van der Waals surface area contributed by atoms with Gasteiger partial charge in [0.2, 0.25) is 0 Å². The van der Waals surface area contributed by atoms with Crippen molar-refractivity contribution in [3.8, 4) is 5.75 Å². The SMILES string of the molecule is CC1(C)C=C(n2cccnc2=O)c2cc(SC(F)(F)F)ccc2O1. The van der Waals surface area contributed by atoms with Gasteiger partial charge in [-0.3, -0.25) is 4.57 Å². The number of hydrogen-bond acceptors (Lipinski definition) is 4. The fourth-order valence-electron chi connectivity index (χ4n) is 2.46. The largest absolute Gasteiger partial charge is 0.483 e. The molecule has 0 spiro atoms. The zero-order valence-electron chi connectivity index (χ0n) is 12.8. The molecule has 8 heteroatoms. The lowest BCUT2D eigenvalue weighted by atomic mass is 9.99. The molecular formula is C16H13F3N2O2S. The van der Waals surface area contributed by atoms with Crippen LogP contribution >= 0.6 is 11.8 Å². The molecule has 1 aromatic carbocycles. The molecule has 0 N–H and O–H groups in total. The summed E-state index contributed by atoms with van der Waals surface area (Å²) in [5, 5.41) is 0. The Morgan fingerprint density at radius 3 is 2.71 bits per heavy atom. The van der Waals surface area contributed by atoms with E-state index in [0.29, 0.717) is 17.0 Å². The predicted molar refractivity (Wildman–Crippen MR) is 84.9 cm³/mol. The molecule has 24 heavy (non-hydrogen) atoms. The van der Waals surface area contributed by atoms with Crippen LogP contribution in [0.25, 0.3) is 5.70 Å². The molecule has 0 saturated carbocycles. The second-order valence-corrected chi connectivity index (χ2v) is 6.85. The second kappa shape index (κ2) is 5.70. The first-order valence-electron chi connectivity index (χ1n) is 7.01. The number of benzene rings is 1. The zero-order valence-corrected chi connectivity index (χ0v) is 13.6. The number of ether oxygens (including phenoxy) is 1. The Morgan fingerprint density at radius 2 is 2.04 bits per heavy atom. The molecule has 0 atom stereocenters. The fourth-order valence-corrected chi connectivity index (χ4v) is 3.04. The van der Waals surface area contributed by atoms with Crippen molar-refractivity contribution in [1.82, 2.24) is 9.55 Å². The van der Waals surface area contributed by atoms with Gasteiger partial charge in [0, 0.05) is 22.9 Å². The third-order valence-corrected chi connectivity index (χ3v) is 4.01. The van der Waals surface area contributed by atoms with Gasteiger partial charge in [0.05, 0.1) is 5.70 Å². The minimum Gasteiger partial charge on any atom is -0.483 e. The van der Waals surface area contributed by atoms with Crippen LogP contribution in [0.2, 0.25) is 0 Å². The Balaban J connectivity index is 2.16. The van der Waals surface area contributed by atoms with E-state index in [1.807, 2.05) is 0 Å². The molecule has 2 aromatic rings. The Labute approximate surface area is 140 Å². The van der Waals surface area contributed by atoms with Gasteiger partial charge in [-0.15, -0.1) is 0 Å². The molecule has 4 nitrogen and oxygen atoms in total. The lowest BCUT2D eigenvalue weighted by Crippen LogP contribution is -2.32. The van der Waals surface area contributed by atoms with Crippen molar-refractivity contribution in [2.75, 3.05) is 0 Å². The van der Waals surface area contributed by atoms with E-state index in [9.17, 15) is 18.0 Å². The molecule has 1 aliphatic rings. The Kier molecular flexibility index (Phi) is 3.95. The monoisotopic (exact) mass is 354 g/mol. The van der Waals surface area contributed by atoms with Crippen molar-refractivity contribution < 1.29 is 17.9 Å². The Bertz CT molecular complexity index is 872. The Hall–Kier alpha value is -2.22. The quantitative estimate of drug-likeness (QED) is 0.767. The van der Waals surface area contributed by atoms with Crippen molar-refractivity contribution in [2.45, 2.75) is 29.9 Å². The van der Waals surface area contributed by atoms with E-state index in [4.69, 9.17) is 4.74 Å². The first-order valence-corrected chi connectivity index (χ1v) is 7.82. The van der Waals surface area contributed by atoms with Crippen LogP contribution in [0.1, 0.15) is 19.4 Å². The lowest BCUT2D eigenvalue weighted by Gasteiger charge is -2.31. The number of nitrogens with zero attached hydrogens (tertiary/aromatic N) is 2. The minimum atomic E-state index is -4.39. The number of thioether (sulfide) groups is 1. The molecule has 0 bridgehead atoms. The number of fused-ring (bicyclic) bond motifs is 1. The standard InChI is InChI=1S/C16H13F3N2O2S/c1-15(2)9-12(21-7-3-6-20-14(21)22)11-8-10(24-16(17,18)19)4-5-13(11)23-15/h3-9H,1-2H3. The summed E-state index contributed by atoms with van der Waals surface area (Å²) in [6.45, 7) is 3.60. The molecule has 0 radical (unpaired) electrons. The summed E-state index contributed by atoms with van der Waals surface area (Å²) in [5.74, 6) is 0.416. The molecule has 0 unspecified atom stereocenters. The maximum Gasteiger partial charge on any atom is 0.446 e. The summed E-state index contributed by atoms with van der Waals surface area (Å²) >= 11 is -0.211. The number of alkyl halides is 3. The summed E-state index contributed by atoms with van der Waals surface area (Å²) in [6, 6.07) is 5.79. The Morgan fingerprint density at radius 1 is 1.29 bits per heavy atom. The average molecular weight is 354 g/mol. The van der Waals surface area contributed by atoms with E-state index in [-0.39, 0.29) is 16.7 Å². The number of rotatable bonds is 2. The minimum absolute atomic E-state index is 0.0207. The van der Waals surface area contributed by atoms with Crippen LogP contribution in [-0.2, 0) is 0 Å². The van der Waals surface area contributed by atoms with Crippen LogP contribution in [0, 0.1) is 0 Å². The fraction of sp³-hybridized carbons (Fsp3) is 0.250. The first-order chi connectivity index (χ1) is 11.1. The van der Waals surface area contributed by atoms with Gasteiger partial charge < -0.3 is 4.74 Å². The molecule has 0 aliphatic carbocycles. The smallest absolute Gasteiger partial charge is 0.446 e. The highest BCUT2D eigenvalue weighted by Gasteiger charge is 2.32. The lowest BCUT2D eigenvalue weighted by molar-refractivity contribution is -0.0328.